The van der Waals surface area contributed by atoms with Gasteiger partial charge in [-0.2, -0.15) is 16.9 Å². The number of nitrogens with zero attached hydrogens (tertiary/aromatic N) is 4. The zero-order chi connectivity index (χ0) is 20.2. The van der Waals surface area contributed by atoms with Crippen LogP contribution >= 0.6 is 11.8 Å². The number of H-pyrrole nitrogens is 1. The van der Waals surface area contributed by atoms with Crippen molar-refractivity contribution in [2.75, 3.05) is 12.0 Å². The first-order valence-corrected chi connectivity index (χ1v) is 10.7. The first-order chi connectivity index (χ1) is 14.2. The Morgan fingerprint density at radius 3 is 2.79 bits per heavy atom. The van der Waals surface area contributed by atoms with Crippen LogP contribution in [0.1, 0.15) is 28.8 Å². The number of amides is 1. The lowest BCUT2D eigenvalue weighted by Gasteiger charge is -2.18. The normalized spacial score (nSPS) is 12.2. The van der Waals surface area contributed by atoms with Crippen molar-refractivity contribution in [1.82, 2.24) is 30.0 Å². The van der Waals surface area contributed by atoms with Crippen LogP contribution in [0.4, 0.5) is 0 Å². The summed E-state index contributed by atoms with van der Waals surface area (Å²) in [5.41, 5.74) is 3.73. The van der Waals surface area contributed by atoms with Crippen LogP contribution in [0.15, 0.2) is 54.7 Å². The van der Waals surface area contributed by atoms with Crippen molar-refractivity contribution in [3.05, 3.63) is 66.2 Å². The van der Waals surface area contributed by atoms with Crippen molar-refractivity contribution in [2.45, 2.75) is 12.5 Å². The smallest absolute Gasteiger partial charge is 0.269 e. The van der Waals surface area contributed by atoms with E-state index < -0.39 is 0 Å². The Bertz CT molecular complexity index is 1120. The lowest BCUT2D eigenvalue weighted by molar-refractivity contribution is 0.0928. The van der Waals surface area contributed by atoms with E-state index in [0.717, 1.165) is 34.7 Å². The van der Waals surface area contributed by atoms with Gasteiger partial charge in [-0.1, -0.05) is 18.2 Å². The van der Waals surface area contributed by atoms with Gasteiger partial charge in [-0.05, 0) is 48.8 Å². The standard InChI is InChI=1S/C21H22N6OS/c1-27-19-9-4-3-8-15(19)23-20(27)16(10-12-29-2)24-21(28)18-13-17(25-26-18)14-7-5-6-11-22-14/h3-9,11,13,16H,10,12H2,1-2H3,(H,24,28)(H,25,26)/t16-/m0/s1. The molecule has 0 aliphatic heterocycles. The predicted molar refractivity (Wildman–Crippen MR) is 116 cm³/mol. The van der Waals surface area contributed by atoms with E-state index in [0.29, 0.717) is 11.4 Å². The van der Waals surface area contributed by atoms with Crippen LogP contribution in [0.25, 0.3) is 22.4 Å². The second-order valence-corrected chi connectivity index (χ2v) is 7.69. The maximum atomic E-state index is 12.9. The number of fused-ring (bicyclic) bond motifs is 1. The minimum Gasteiger partial charge on any atom is -0.341 e. The summed E-state index contributed by atoms with van der Waals surface area (Å²) in [6, 6.07) is 15.1. The fraction of sp³-hybridized carbons (Fsp3) is 0.238. The van der Waals surface area contributed by atoms with E-state index in [1.54, 1.807) is 24.0 Å². The number of aromatic amines is 1. The van der Waals surface area contributed by atoms with Gasteiger partial charge in [-0.3, -0.25) is 14.9 Å². The van der Waals surface area contributed by atoms with Gasteiger partial charge >= 0.3 is 0 Å². The van der Waals surface area contributed by atoms with Crippen LogP contribution in [0.3, 0.4) is 0 Å². The van der Waals surface area contributed by atoms with E-state index in [1.807, 2.05) is 54.1 Å². The number of hydrogen-bond acceptors (Lipinski definition) is 5. The molecule has 0 aliphatic carbocycles. The molecule has 148 valence electrons. The van der Waals surface area contributed by atoms with Crippen molar-refractivity contribution >= 4 is 28.7 Å². The molecule has 4 rings (SSSR count). The van der Waals surface area contributed by atoms with Gasteiger partial charge in [0.1, 0.15) is 17.2 Å². The van der Waals surface area contributed by atoms with E-state index in [4.69, 9.17) is 4.98 Å². The van der Waals surface area contributed by atoms with Crippen LogP contribution in [0.2, 0.25) is 0 Å². The number of imidazole rings is 1. The maximum Gasteiger partial charge on any atom is 0.269 e. The van der Waals surface area contributed by atoms with Crippen molar-refractivity contribution in [3.63, 3.8) is 0 Å². The second kappa shape index (κ2) is 8.48. The Morgan fingerprint density at radius 2 is 2.03 bits per heavy atom. The Hall–Kier alpha value is -3.13. The Morgan fingerprint density at radius 1 is 1.21 bits per heavy atom. The quantitative estimate of drug-likeness (QED) is 0.490. The van der Waals surface area contributed by atoms with Gasteiger partial charge in [-0.25, -0.2) is 4.98 Å². The lowest BCUT2D eigenvalue weighted by atomic mass is 10.2. The molecule has 0 saturated heterocycles. The summed E-state index contributed by atoms with van der Waals surface area (Å²) in [5.74, 6) is 1.55. The number of rotatable bonds is 7. The molecule has 3 heterocycles. The number of carbonyl (C=O) groups excluding carboxylic acids is 1. The highest BCUT2D eigenvalue weighted by Crippen LogP contribution is 2.23. The van der Waals surface area contributed by atoms with Crippen LogP contribution in [0.5, 0.6) is 0 Å². The molecule has 0 aliphatic rings. The number of hydrogen-bond donors (Lipinski definition) is 2. The predicted octanol–water partition coefficient (Wildman–Crippen LogP) is 3.58. The number of aromatic nitrogens is 5. The zero-order valence-electron chi connectivity index (χ0n) is 16.3. The first-order valence-electron chi connectivity index (χ1n) is 9.35. The number of para-hydroxylation sites is 2. The summed E-state index contributed by atoms with van der Waals surface area (Å²) >= 11 is 1.74. The Kier molecular flexibility index (Phi) is 5.62. The molecule has 1 amide bonds. The number of thioether (sulfide) groups is 1. The van der Waals surface area contributed by atoms with Gasteiger partial charge in [-0.15, -0.1) is 0 Å². The molecule has 8 heteroatoms. The number of nitrogens with one attached hydrogen (secondary N) is 2. The lowest BCUT2D eigenvalue weighted by Crippen LogP contribution is -2.31. The summed E-state index contributed by atoms with van der Waals surface area (Å²) in [6.07, 6.45) is 4.54. The topological polar surface area (TPSA) is 88.5 Å². The molecule has 0 spiro atoms. The van der Waals surface area contributed by atoms with Gasteiger partial charge in [0.25, 0.3) is 5.91 Å². The van der Waals surface area contributed by atoms with Gasteiger partial charge in [0.15, 0.2) is 0 Å². The third kappa shape index (κ3) is 4.02. The van der Waals surface area contributed by atoms with Crippen LogP contribution < -0.4 is 5.32 Å². The van der Waals surface area contributed by atoms with E-state index in [9.17, 15) is 4.79 Å². The number of pyridine rings is 1. The second-order valence-electron chi connectivity index (χ2n) is 6.71. The molecule has 0 radical (unpaired) electrons. The average molecular weight is 407 g/mol. The molecule has 29 heavy (non-hydrogen) atoms. The molecule has 0 unspecified atom stereocenters. The van der Waals surface area contributed by atoms with Crippen LogP contribution in [0, 0.1) is 0 Å². The summed E-state index contributed by atoms with van der Waals surface area (Å²) in [5, 5.41) is 10.2. The molecule has 4 aromatic rings. The third-order valence-corrected chi connectivity index (χ3v) is 5.44. The van der Waals surface area contributed by atoms with E-state index >= 15 is 0 Å². The molecule has 0 bridgehead atoms. The Labute approximate surface area is 173 Å². The molecular formula is C21H22N6OS. The molecule has 0 fully saturated rings. The highest BCUT2D eigenvalue weighted by molar-refractivity contribution is 7.98. The minimum atomic E-state index is -0.210. The highest BCUT2D eigenvalue weighted by atomic mass is 32.2. The zero-order valence-corrected chi connectivity index (χ0v) is 17.1. The van der Waals surface area contributed by atoms with Crippen molar-refractivity contribution in [2.24, 2.45) is 7.05 Å². The number of benzene rings is 1. The monoisotopic (exact) mass is 406 g/mol. The van der Waals surface area contributed by atoms with Crippen molar-refractivity contribution in [1.29, 1.82) is 0 Å². The molecule has 2 N–H and O–H groups in total. The third-order valence-electron chi connectivity index (χ3n) is 4.80. The summed E-state index contributed by atoms with van der Waals surface area (Å²) in [7, 11) is 1.98. The van der Waals surface area contributed by atoms with Crippen LogP contribution in [-0.2, 0) is 7.05 Å². The number of aryl methyl sites for hydroxylation is 1. The van der Waals surface area contributed by atoms with Crippen LogP contribution in [-0.4, -0.2) is 42.6 Å². The molecule has 1 atom stereocenters. The summed E-state index contributed by atoms with van der Waals surface area (Å²) in [6.45, 7) is 0. The largest absolute Gasteiger partial charge is 0.341 e. The molecule has 3 aromatic heterocycles. The van der Waals surface area contributed by atoms with Gasteiger partial charge < -0.3 is 9.88 Å². The van der Waals surface area contributed by atoms with Gasteiger partial charge in [0, 0.05) is 13.2 Å². The fourth-order valence-corrected chi connectivity index (χ4v) is 3.77. The maximum absolute atomic E-state index is 12.9. The molecule has 7 nitrogen and oxygen atoms in total. The van der Waals surface area contributed by atoms with Gasteiger partial charge in [0.2, 0.25) is 0 Å². The summed E-state index contributed by atoms with van der Waals surface area (Å²) in [4.78, 5) is 22.0. The van der Waals surface area contributed by atoms with E-state index in [2.05, 4.69) is 26.8 Å². The number of carbonyl (C=O) groups is 1. The van der Waals surface area contributed by atoms with E-state index in [-0.39, 0.29) is 11.9 Å². The van der Waals surface area contributed by atoms with E-state index in [1.165, 1.54) is 0 Å². The molecule has 1 aromatic carbocycles. The molecular weight excluding hydrogens is 384 g/mol. The fourth-order valence-electron chi connectivity index (χ4n) is 3.30. The molecule has 0 saturated carbocycles. The van der Waals surface area contributed by atoms with Crippen molar-refractivity contribution in [3.8, 4) is 11.4 Å². The van der Waals surface area contributed by atoms with Gasteiger partial charge in [0.05, 0.1) is 22.8 Å². The average Bonchev–Trinajstić information content (AvgIpc) is 3.37. The SMILES string of the molecule is CSCC[C@H](NC(=O)c1cc(-c2ccccn2)n[nH]1)c1nc2ccccc2n1C. The highest BCUT2D eigenvalue weighted by Gasteiger charge is 2.22. The Balaban J connectivity index is 1.59. The van der Waals surface area contributed by atoms with Crippen molar-refractivity contribution < 1.29 is 4.79 Å². The summed E-state index contributed by atoms with van der Waals surface area (Å²) < 4.78 is 2.05. The first kappa shape index (κ1) is 19.2. The minimum absolute atomic E-state index is 0.200.